The molecule has 0 spiro atoms. The molecule has 0 unspecified atom stereocenters. The SMILES string of the molecule is CC(C)(C)OC=O.CCCCCCCCCCCCc1ccc(N)s1. The normalized spacial score (nSPS) is 10.9. The number of hydrogen-bond donors (Lipinski definition) is 1. The van der Waals surface area contributed by atoms with Crippen molar-refractivity contribution >= 4 is 22.8 Å². The Morgan fingerprint density at radius 1 is 0.960 bits per heavy atom. The van der Waals surface area contributed by atoms with E-state index in [4.69, 9.17) is 5.73 Å². The molecule has 4 heteroatoms. The highest BCUT2D eigenvalue weighted by atomic mass is 32.1. The average molecular weight is 370 g/mol. The summed E-state index contributed by atoms with van der Waals surface area (Å²) in [6.45, 7) is 8.20. The molecule has 0 saturated heterocycles. The van der Waals surface area contributed by atoms with Crippen molar-refractivity contribution in [3.05, 3.63) is 17.0 Å². The molecule has 0 amide bonds. The van der Waals surface area contributed by atoms with Crippen molar-refractivity contribution < 1.29 is 9.53 Å². The summed E-state index contributed by atoms with van der Waals surface area (Å²) in [6.07, 6.45) is 15.3. The summed E-state index contributed by atoms with van der Waals surface area (Å²) in [5.41, 5.74) is 5.40. The summed E-state index contributed by atoms with van der Waals surface area (Å²) in [4.78, 5) is 11.0. The van der Waals surface area contributed by atoms with E-state index in [2.05, 4.69) is 17.7 Å². The van der Waals surface area contributed by atoms with Crippen LogP contribution in [0.5, 0.6) is 0 Å². The van der Waals surface area contributed by atoms with Gasteiger partial charge in [-0.15, -0.1) is 11.3 Å². The summed E-state index contributed by atoms with van der Waals surface area (Å²) >= 11 is 1.75. The molecule has 0 aliphatic carbocycles. The number of ether oxygens (including phenoxy) is 1. The van der Waals surface area contributed by atoms with E-state index in [1.165, 1.54) is 75.5 Å². The molecule has 0 atom stereocenters. The van der Waals surface area contributed by atoms with Gasteiger partial charge in [0.25, 0.3) is 6.47 Å². The van der Waals surface area contributed by atoms with Crippen LogP contribution in [0.15, 0.2) is 12.1 Å². The van der Waals surface area contributed by atoms with Crippen molar-refractivity contribution in [1.82, 2.24) is 0 Å². The number of aryl methyl sites for hydroxylation is 1. The van der Waals surface area contributed by atoms with Gasteiger partial charge in [0, 0.05) is 4.88 Å². The number of unbranched alkanes of at least 4 members (excludes halogenated alkanes) is 9. The van der Waals surface area contributed by atoms with E-state index in [0.717, 1.165) is 5.00 Å². The Bertz CT molecular complexity index is 424. The monoisotopic (exact) mass is 369 g/mol. The maximum absolute atomic E-state index is 9.60. The quantitative estimate of drug-likeness (QED) is 0.327. The first-order valence-electron chi connectivity index (χ1n) is 9.84. The highest BCUT2D eigenvalue weighted by Gasteiger charge is 2.07. The Balaban J connectivity index is 0.000000697. The number of nitrogen functional groups attached to an aromatic ring is 1. The Morgan fingerprint density at radius 2 is 1.48 bits per heavy atom. The van der Waals surface area contributed by atoms with E-state index in [9.17, 15) is 4.79 Å². The second-order valence-electron chi connectivity index (χ2n) is 7.56. The van der Waals surface area contributed by atoms with Crippen LogP contribution in [0, 0.1) is 0 Å². The molecule has 0 aromatic carbocycles. The van der Waals surface area contributed by atoms with E-state index >= 15 is 0 Å². The summed E-state index contributed by atoms with van der Waals surface area (Å²) in [5, 5.41) is 0.956. The number of hydrogen-bond acceptors (Lipinski definition) is 4. The topological polar surface area (TPSA) is 52.3 Å². The number of carbonyl (C=O) groups is 1. The lowest BCUT2D eigenvalue weighted by Crippen LogP contribution is -2.17. The van der Waals surface area contributed by atoms with Crippen LogP contribution in [-0.4, -0.2) is 12.1 Å². The first-order chi connectivity index (χ1) is 11.9. The highest BCUT2D eigenvalue weighted by Crippen LogP contribution is 2.20. The molecule has 0 saturated carbocycles. The van der Waals surface area contributed by atoms with Gasteiger partial charge < -0.3 is 10.5 Å². The second-order valence-corrected chi connectivity index (χ2v) is 8.76. The third-order valence-electron chi connectivity index (χ3n) is 3.86. The van der Waals surface area contributed by atoms with Crippen LogP contribution in [0.1, 0.15) is 96.8 Å². The van der Waals surface area contributed by atoms with Crippen LogP contribution in [-0.2, 0) is 16.0 Å². The van der Waals surface area contributed by atoms with Gasteiger partial charge in [0.2, 0.25) is 0 Å². The lowest BCUT2D eigenvalue weighted by Gasteiger charge is -2.14. The van der Waals surface area contributed by atoms with Crippen LogP contribution in [0.4, 0.5) is 5.00 Å². The van der Waals surface area contributed by atoms with Crippen molar-refractivity contribution in [2.75, 3.05) is 5.73 Å². The molecule has 146 valence electrons. The fourth-order valence-corrected chi connectivity index (χ4v) is 3.28. The number of rotatable bonds is 12. The number of nitrogens with two attached hydrogens (primary N) is 1. The van der Waals surface area contributed by atoms with Crippen LogP contribution in [0.25, 0.3) is 0 Å². The van der Waals surface area contributed by atoms with Gasteiger partial charge in [-0.2, -0.15) is 0 Å². The lowest BCUT2D eigenvalue weighted by atomic mass is 10.1. The first-order valence-corrected chi connectivity index (χ1v) is 10.7. The highest BCUT2D eigenvalue weighted by molar-refractivity contribution is 7.15. The molecule has 0 radical (unpaired) electrons. The molecule has 0 aliphatic heterocycles. The van der Waals surface area contributed by atoms with Crippen LogP contribution in [0.3, 0.4) is 0 Å². The number of thiophene rings is 1. The minimum atomic E-state index is -0.318. The molecule has 0 bridgehead atoms. The fraction of sp³-hybridized carbons (Fsp3) is 0.762. The molecule has 0 aliphatic rings. The maximum atomic E-state index is 9.60. The predicted molar refractivity (Wildman–Crippen MR) is 111 cm³/mol. The smallest absolute Gasteiger partial charge is 0.293 e. The van der Waals surface area contributed by atoms with Crippen LogP contribution >= 0.6 is 11.3 Å². The van der Waals surface area contributed by atoms with Gasteiger partial charge in [-0.3, -0.25) is 4.79 Å². The van der Waals surface area contributed by atoms with Crippen LogP contribution < -0.4 is 5.73 Å². The molecule has 1 heterocycles. The molecule has 0 fully saturated rings. The Hall–Kier alpha value is -1.03. The van der Waals surface area contributed by atoms with Crippen molar-refractivity contribution in [1.29, 1.82) is 0 Å². The van der Waals surface area contributed by atoms with Crippen molar-refractivity contribution in [2.24, 2.45) is 0 Å². The van der Waals surface area contributed by atoms with E-state index in [1.54, 1.807) is 11.3 Å². The van der Waals surface area contributed by atoms with Crippen molar-refractivity contribution in [2.45, 2.75) is 104 Å². The molecule has 1 aromatic heterocycles. The van der Waals surface area contributed by atoms with Gasteiger partial charge in [-0.1, -0.05) is 64.7 Å². The zero-order valence-electron chi connectivity index (χ0n) is 16.8. The molecule has 1 rings (SSSR count). The molecule has 25 heavy (non-hydrogen) atoms. The van der Waals surface area contributed by atoms with E-state index < -0.39 is 0 Å². The summed E-state index contributed by atoms with van der Waals surface area (Å²) < 4.78 is 4.55. The van der Waals surface area contributed by atoms with Crippen molar-refractivity contribution in [3.8, 4) is 0 Å². The largest absolute Gasteiger partial charge is 0.462 e. The maximum Gasteiger partial charge on any atom is 0.293 e. The Kier molecular flexibility index (Phi) is 14.6. The van der Waals surface area contributed by atoms with Gasteiger partial charge in [0.1, 0.15) is 5.60 Å². The predicted octanol–water partition coefficient (Wildman–Crippen LogP) is 6.75. The second kappa shape index (κ2) is 15.2. The van der Waals surface area contributed by atoms with Gasteiger partial charge >= 0.3 is 0 Å². The average Bonchev–Trinajstić information content (AvgIpc) is 2.94. The van der Waals surface area contributed by atoms with E-state index in [-0.39, 0.29) is 5.60 Å². The minimum Gasteiger partial charge on any atom is -0.462 e. The minimum absolute atomic E-state index is 0.318. The van der Waals surface area contributed by atoms with Gasteiger partial charge in [0.05, 0.1) is 5.00 Å². The van der Waals surface area contributed by atoms with Gasteiger partial charge in [-0.05, 0) is 45.7 Å². The number of carbonyl (C=O) groups excluding carboxylic acids is 1. The molecular formula is C21H39NO2S. The summed E-state index contributed by atoms with van der Waals surface area (Å²) in [6, 6.07) is 4.20. The first kappa shape index (κ1) is 24.0. The third kappa shape index (κ3) is 17.6. The zero-order chi connectivity index (χ0) is 19.0. The van der Waals surface area contributed by atoms with E-state index in [0.29, 0.717) is 6.47 Å². The standard InChI is InChI=1S/C16H29NS.C5H10O2/c1-2-3-4-5-6-7-8-9-10-11-12-15-13-14-16(17)18-15;1-5(2,3)7-4-6/h13-14H,2-12,17H2,1H3;4H,1-3H3. The van der Waals surface area contributed by atoms with Gasteiger partial charge in [-0.25, -0.2) is 0 Å². The fourth-order valence-electron chi connectivity index (χ4n) is 2.46. The lowest BCUT2D eigenvalue weighted by molar-refractivity contribution is -0.138. The van der Waals surface area contributed by atoms with E-state index in [1.807, 2.05) is 26.8 Å². The molecule has 3 nitrogen and oxygen atoms in total. The molecule has 2 N–H and O–H groups in total. The zero-order valence-corrected chi connectivity index (χ0v) is 17.6. The summed E-state index contributed by atoms with van der Waals surface area (Å²) in [5.74, 6) is 0. The Morgan fingerprint density at radius 3 is 1.84 bits per heavy atom. The van der Waals surface area contributed by atoms with Crippen molar-refractivity contribution in [3.63, 3.8) is 0 Å². The molecular weight excluding hydrogens is 330 g/mol. The van der Waals surface area contributed by atoms with Crippen LogP contribution in [0.2, 0.25) is 0 Å². The summed E-state index contributed by atoms with van der Waals surface area (Å²) in [7, 11) is 0. The van der Waals surface area contributed by atoms with Gasteiger partial charge in [0.15, 0.2) is 0 Å². The Labute approximate surface area is 159 Å². The molecule has 1 aromatic rings. The number of anilines is 1. The third-order valence-corrected chi connectivity index (χ3v) is 4.84.